The molecule has 0 aliphatic carbocycles. The maximum absolute atomic E-state index is 11.6. The molecule has 19 heavy (non-hydrogen) atoms. The highest BCUT2D eigenvalue weighted by molar-refractivity contribution is 5.89. The summed E-state index contributed by atoms with van der Waals surface area (Å²) >= 11 is 0. The average Bonchev–Trinajstić information content (AvgIpc) is 2.45. The van der Waals surface area contributed by atoms with E-state index >= 15 is 0 Å². The summed E-state index contributed by atoms with van der Waals surface area (Å²) in [5.74, 6) is 0.325. The highest BCUT2D eigenvalue weighted by Gasteiger charge is 2.07. The van der Waals surface area contributed by atoms with Crippen LogP contribution in [0.25, 0.3) is 0 Å². The molecule has 0 amide bonds. The van der Waals surface area contributed by atoms with Crippen molar-refractivity contribution in [1.29, 1.82) is 0 Å². The van der Waals surface area contributed by atoms with Crippen LogP contribution in [0.3, 0.4) is 0 Å². The van der Waals surface area contributed by atoms with Crippen LogP contribution in [0.2, 0.25) is 0 Å². The van der Waals surface area contributed by atoms with E-state index in [4.69, 9.17) is 9.47 Å². The average molecular weight is 266 g/mol. The van der Waals surface area contributed by atoms with E-state index in [0.717, 1.165) is 12.8 Å². The molecule has 1 rings (SSSR count). The van der Waals surface area contributed by atoms with Gasteiger partial charge in [-0.15, -0.1) is 0 Å². The zero-order chi connectivity index (χ0) is 14.1. The number of aliphatic hydroxyl groups excluding tert-OH is 1. The minimum absolute atomic E-state index is 0.261. The second-order valence-electron chi connectivity index (χ2n) is 4.39. The fraction of sp³-hybridized carbons (Fsp3) is 0.533. The van der Waals surface area contributed by atoms with Gasteiger partial charge in [0.15, 0.2) is 0 Å². The number of unbranched alkanes of at least 4 members (excludes halogenated alkanes) is 1. The number of rotatable bonds is 8. The fourth-order valence-corrected chi connectivity index (χ4v) is 1.39. The van der Waals surface area contributed by atoms with Crippen LogP contribution in [-0.2, 0) is 4.74 Å². The van der Waals surface area contributed by atoms with Crippen molar-refractivity contribution in [2.45, 2.75) is 39.2 Å². The van der Waals surface area contributed by atoms with Crippen LogP contribution < -0.4 is 4.74 Å². The van der Waals surface area contributed by atoms with E-state index in [1.807, 2.05) is 13.8 Å². The van der Waals surface area contributed by atoms with Crippen LogP contribution in [0.15, 0.2) is 24.3 Å². The quantitative estimate of drug-likeness (QED) is 0.580. The Kier molecular flexibility index (Phi) is 6.97. The number of aliphatic hydroxyl groups is 1. The van der Waals surface area contributed by atoms with Gasteiger partial charge in [0.2, 0.25) is 0 Å². The van der Waals surface area contributed by atoms with E-state index in [1.54, 1.807) is 24.3 Å². The zero-order valence-electron chi connectivity index (χ0n) is 11.6. The normalized spacial score (nSPS) is 11.9. The molecule has 1 unspecified atom stereocenters. The Morgan fingerprint density at radius 3 is 2.53 bits per heavy atom. The summed E-state index contributed by atoms with van der Waals surface area (Å²) < 4.78 is 10.5. The molecular weight excluding hydrogens is 244 g/mol. The summed E-state index contributed by atoms with van der Waals surface area (Å²) in [7, 11) is 0. The molecule has 4 nitrogen and oxygen atoms in total. The zero-order valence-corrected chi connectivity index (χ0v) is 11.6. The van der Waals surface area contributed by atoms with Gasteiger partial charge in [0, 0.05) is 0 Å². The predicted octanol–water partition coefficient (Wildman–Crippen LogP) is 2.79. The van der Waals surface area contributed by atoms with Crippen molar-refractivity contribution in [3.63, 3.8) is 0 Å². The Morgan fingerprint density at radius 2 is 1.95 bits per heavy atom. The van der Waals surface area contributed by atoms with E-state index in [0.29, 0.717) is 24.3 Å². The first kappa shape index (κ1) is 15.5. The Hall–Kier alpha value is -1.55. The third-order valence-electron chi connectivity index (χ3n) is 2.73. The largest absolute Gasteiger partial charge is 0.491 e. The number of esters is 1. The molecule has 0 saturated carbocycles. The molecule has 0 radical (unpaired) electrons. The van der Waals surface area contributed by atoms with Gasteiger partial charge in [0.05, 0.1) is 18.3 Å². The Balaban J connectivity index is 2.44. The molecule has 0 saturated heterocycles. The monoisotopic (exact) mass is 266 g/mol. The molecule has 0 spiro atoms. The van der Waals surface area contributed by atoms with Crippen LogP contribution >= 0.6 is 0 Å². The van der Waals surface area contributed by atoms with Crippen LogP contribution in [0, 0.1) is 0 Å². The lowest BCUT2D eigenvalue weighted by molar-refractivity contribution is 0.0499. The van der Waals surface area contributed by atoms with Crippen molar-refractivity contribution in [3.8, 4) is 5.75 Å². The van der Waals surface area contributed by atoms with Crippen molar-refractivity contribution < 1.29 is 19.4 Å². The summed E-state index contributed by atoms with van der Waals surface area (Å²) in [4.78, 5) is 11.6. The van der Waals surface area contributed by atoms with E-state index in [9.17, 15) is 9.90 Å². The van der Waals surface area contributed by atoms with Gasteiger partial charge in [-0.2, -0.15) is 0 Å². The molecule has 0 fully saturated rings. The molecule has 0 heterocycles. The third-order valence-corrected chi connectivity index (χ3v) is 2.73. The van der Waals surface area contributed by atoms with Gasteiger partial charge in [-0.3, -0.25) is 0 Å². The third kappa shape index (κ3) is 5.75. The lowest BCUT2D eigenvalue weighted by Gasteiger charge is -2.10. The van der Waals surface area contributed by atoms with E-state index in [-0.39, 0.29) is 12.6 Å². The summed E-state index contributed by atoms with van der Waals surface area (Å²) in [5, 5.41) is 9.38. The van der Waals surface area contributed by atoms with Crippen LogP contribution in [0.1, 0.15) is 43.5 Å². The van der Waals surface area contributed by atoms with E-state index in [2.05, 4.69) is 0 Å². The lowest BCUT2D eigenvalue weighted by Crippen LogP contribution is -2.16. The second kappa shape index (κ2) is 8.53. The second-order valence-corrected chi connectivity index (χ2v) is 4.39. The first-order valence-corrected chi connectivity index (χ1v) is 6.75. The van der Waals surface area contributed by atoms with Gasteiger partial charge >= 0.3 is 5.97 Å². The summed E-state index contributed by atoms with van der Waals surface area (Å²) in [6.07, 6.45) is 2.07. The summed E-state index contributed by atoms with van der Waals surface area (Å²) in [6, 6.07) is 6.75. The van der Waals surface area contributed by atoms with Crippen LogP contribution in [-0.4, -0.2) is 30.4 Å². The SMILES string of the molecule is CCCCOC(=O)c1ccc(OCC(O)CC)cc1. The number of carbonyl (C=O) groups is 1. The van der Waals surface area contributed by atoms with Crippen molar-refractivity contribution >= 4 is 5.97 Å². The topological polar surface area (TPSA) is 55.8 Å². The molecule has 0 aliphatic rings. The molecule has 1 aromatic rings. The molecule has 1 atom stereocenters. The van der Waals surface area contributed by atoms with Gasteiger partial charge in [0.1, 0.15) is 12.4 Å². The number of ether oxygens (including phenoxy) is 2. The van der Waals surface area contributed by atoms with E-state index < -0.39 is 6.10 Å². The number of hydrogen-bond donors (Lipinski definition) is 1. The van der Waals surface area contributed by atoms with Crippen molar-refractivity contribution in [2.24, 2.45) is 0 Å². The highest BCUT2D eigenvalue weighted by Crippen LogP contribution is 2.13. The molecule has 0 bridgehead atoms. The minimum Gasteiger partial charge on any atom is -0.491 e. The summed E-state index contributed by atoms with van der Waals surface area (Å²) in [5.41, 5.74) is 0.513. The van der Waals surface area contributed by atoms with E-state index in [1.165, 1.54) is 0 Å². The fourth-order valence-electron chi connectivity index (χ4n) is 1.39. The molecular formula is C15H22O4. The van der Waals surface area contributed by atoms with Crippen molar-refractivity contribution in [3.05, 3.63) is 29.8 Å². The Bertz CT molecular complexity index is 372. The Morgan fingerprint density at radius 1 is 1.26 bits per heavy atom. The Labute approximate surface area is 114 Å². The van der Waals surface area contributed by atoms with Crippen LogP contribution in [0.5, 0.6) is 5.75 Å². The number of carbonyl (C=O) groups excluding carboxylic acids is 1. The smallest absolute Gasteiger partial charge is 0.338 e. The molecule has 4 heteroatoms. The first-order chi connectivity index (χ1) is 9.17. The molecule has 1 aromatic carbocycles. The highest BCUT2D eigenvalue weighted by atomic mass is 16.5. The maximum atomic E-state index is 11.6. The van der Waals surface area contributed by atoms with Gasteiger partial charge in [0.25, 0.3) is 0 Å². The lowest BCUT2D eigenvalue weighted by atomic mass is 10.2. The first-order valence-electron chi connectivity index (χ1n) is 6.75. The molecule has 106 valence electrons. The van der Waals surface area contributed by atoms with Gasteiger partial charge in [-0.25, -0.2) is 4.79 Å². The summed E-state index contributed by atoms with van der Waals surface area (Å²) in [6.45, 7) is 4.65. The predicted molar refractivity (Wildman–Crippen MR) is 73.4 cm³/mol. The molecule has 0 aliphatic heterocycles. The molecule has 1 N–H and O–H groups in total. The van der Waals surface area contributed by atoms with Crippen LogP contribution in [0.4, 0.5) is 0 Å². The maximum Gasteiger partial charge on any atom is 0.338 e. The van der Waals surface area contributed by atoms with Crippen molar-refractivity contribution in [2.75, 3.05) is 13.2 Å². The van der Waals surface area contributed by atoms with Gasteiger partial charge in [-0.05, 0) is 37.1 Å². The van der Waals surface area contributed by atoms with Gasteiger partial charge in [-0.1, -0.05) is 20.3 Å². The van der Waals surface area contributed by atoms with Crippen molar-refractivity contribution in [1.82, 2.24) is 0 Å². The van der Waals surface area contributed by atoms with Gasteiger partial charge < -0.3 is 14.6 Å². The standard InChI is InChI=1S/C15H22O4/c1-3-5-10-18-15(17)12-6-8-14(9-7-12)19-11-13(16)4-2/h6-9,13,16H,3-5,10-11H2,1-2H3. The molecule has 0 aromatic heterocycles. The number of benzene rings is 1. The minimum atomic E-state index is -0.460. The number of hydrogen-bond acceptors (Lipinski definition) is 4.